The molecule has 0 aliphatic rings. The highest BCUT2D eigenvalue weighted by molar-refractivity contribution is 5.99. The summed E-state index contributed by atoms with van der Waals surface area (Å²) in [5, 5.41) is 2.77. The lowest BCUT2D eigenvalue weighted by molar-refractivity contribution is 0.0945. The van der Waals surface area contributed by atoms with Gasteiger partial charge in [0.1, 0.15) is 5.69 Å². The van der Waals surface area contributed by atoms with Crippen molar-refractivity contribution in [1.82, 2.24) is 9.88 Å². The van der Waals surface area contributed by atoms with E-state index >= 15 is 0 Å². The summed E-state index contributed by atoms with van der Waals surface area (Å²) in [5.74, 6) is -0.160. The van der Waals surface area contributed by atoms with Crippen molar-refractivity contribution in [1.29, 1.82) is 0 Å². The summed E-state index contributed by atoms with van der Waals surface area (Å²) in [4.78, 5) is 22.7. The van der Waals surface area contributed by atoms with Crippen LogP contribution >= 0.6 is 0 Å². The Morgan fingerprint density at radius 3 is 2.60 bits per heavy atom. The van der Waals surface area contributed by atoms with Crippen LogP contribution in [0.1, 0.15) is 41.1 Å². The van der Waals surface area contributed by atoms with Gasteiger partial charge in [-0.2, -0.15) is 0 Å². The number of carbonyl (C=O) groups excluding carboxylic acids is 2. The van der Waals surface area contributed by atoms with Gasteiger partial charge in [0.25, 0.3) is 5.91 Å². The zero-order valence-electron chi connectivity index (χ0n) is 9.33. The van der Waals surface area contributed by atoms with Gasteiger partial charge in [0, 0.05) is 25.4 Å². The first-order valence-electron chi connectivity index (χ1n) is 5.01. The van der Waals surface area contributed by atoms with E-state index in [2.05, 4.69) is 5.32 Å². The second-order valence-corrected chi connectivity index (χ2v) is 3.54. The predicted molar refractivity (Wildman–Crippen MR) is 58.0 cm³/mol. The monoisotopic (exact) mass is 208 g/mol. The maximum absolute atomic E-state index is 11.6. The van der Waals surface area contributed by atoms with Gasteiger partial charge in [0.2, 0.25) is 0 Å². The standard InChI is InChI=1S/C11H16N2O2/c1-4-5-12-11(15)10-6-9(8(2)14)7-13(10)3/h6-7H,4-5H2,1-3H3,(H,12,15). The molecule has 1 aromatic heterocycles. The fourth-order valence-electron chi connectivity index (χ4n) is 1.31. The summed E-state index contributed by atoms with van der Waals surface area (Å²) >= 11 is 0. The number of amides is 1. The smallest absolute Gasteiger partial charge is 0.267 e. The van der Waals surface area contributed by atoms with Gasteiger partial charge in [-0.1, -0.05) is 6.92 Å². The van der Waals surface area contributed by atoms with E-state index in [-0.39, 0.29) is 11.7 Å². The largest absolute Gasteiger partial charge is 0.351 e. The molecule has 4 nitrogen and oxygen atoms in total. The molecule has 0 aromatic carbocycles. The van der Waals surface area contributed by atoms with Crippen molar-refractivity contribution < 1.29 is 9.59 Å². The van der Waals surface area contributed by atoms with E-state index in [0.717, 1.165) is 6.42 Å². The number of aryl methyl sites for hydroxylation is 1. The lowest BCUT2D eigenvalue weighted by Crippen LogP contribution is -2.25. The van der Waals surface area contributed by atoms with Crippen molar-refractivity contribution >= 4 is 11.7 Å². The van der Waals surface area contributed by atoms with Gasteiger partial charge in [-0.3, -0.25) is 9.59 Å². The van der Waals surface area contributed by atoms with Crippen LogP contribution in [0.3, 0.4) is 0 Å². The van der Waals surface area contributed by atoms with E-state index in [1.165, 1.54) is 6.92 Å². The first-order valence-corrected chi connectivity index (χ1v) is 5.01. The fourth-order valence-corrected chi connectivity index (χ4v) is 1.31. The second-order valence-electron chi connectivity index (χ2n) is 3.54. The normalized spacial score (nSPS) is 10.1. The number of carbonyl (C=O) groups is 2. The zero-order valence-corrected chi connectivity index (χ0v) is 9.33. The first-order chi connectivity index (χ1) is 7.06. The second kappa shape index (κ2) is 4.77. The number of Topliss-reactive ketones (excluding diaryl/α,β-unsaturated/α-hetero) is 1. The Morgan fingerprint density at radius 2 is 2.13 bits per heavy atom. The Balaban J connectivity index is 2.85. The molecule has 1 heterocycles. The average molecular weight is 208 g/mol. The number of nitrogens with zero attached hydrogens (tertiary/aromatic N) is 1. The van der Waals surface area contributed by atoms with Crippen molar-refractivity contribution in [2.45, 2.75) is 20.3 Å². The molecule has 1 aromatic rings. The van der Waals surface area contributed by atoms with Gasteiger partial charge in [-0.15, -0.1) is 0 Å². The third-order valence-electron chi connectivity index (χ3n) is 2.18. The molecule has 82 valence electrons. The minimum Gasteiger partial charge on any atom is -0.351 e. The molecule has 0 saturated heterocycles. The summed E-state index contributed by atoms with van der Waals surface area (Å²) in [6.07, 6.45) is 2.57. The van der Waals surface area contributed by atoms with E-state index in [1.54, 1.807) is 23.9 Å². The molecule has 0 radical (unpaired) electrons. The molecule has 1 rings (SSSR count). The van der Waals surface area contributed by atoms with Crippen molar-refractivity contribution in [3.63, 3.8) is 0 Å². The highest BCUT2D eigenvalue weighted by Crippen LogP contribution is 2.07. The number of ketones is 1. The minimum atomic E-state index is -0.133. The summed E-state index contributed by atoms with van der Waals surface area (Å²) in [6.45, 7) is 4.13. The number of hydrogen-bond acceptors (Lipinski definition) is 2. The highest BCUT2D eigenvalue weighted by Gasteiger charge is 2.12. The molecule has 1 N–H and O–H groups in total. The Kier molecular flexibility index (Phi) is 3.66. The van der Waals surface area contributed by atoms with Crippen LogP contribution in [-0.2, 0) is 7.05 Å². The quantitative estimate of drug-likeness (QED) is 0.760. The predicted octanol–water partition coefficient (Wildman–Crippen LogP) is 1.37. The van der Waals surface area contributed by atoms with E-state index < -0.39 is 0 Å². The van der Waals surface area contributed by atoms with Gasteiger partial charge in [-0.25, -0.2) is 0 Å². The molecule has 0 bridgehead atoms. The molecule has 1 amide bonds. The minimum absolute atomic E-state index is 0.0276. The third-order valence-corrected chi connectivity index (χ3v) is 2.18. The summed E-state index contributed by atoms with van der Waals surface area (Å²) in [7, 11) is 1.76. The molecular formula is C11H16N2O2. The average Bonchev–Trinajstić information content (AvgIpc) is 2.57. The lowest BCUT2D eigenvalue weighted by atomic mass is 10.2. The molecule has 0 unspecified atom stereocenters. The molecule has 0 aliphatic heterocycles. The number of aromatic nitrogens is 1. The van der Waals surface area contributed by atoms with Gasteiger partial charge in [0.05, 0.1) is 0 Å². The summed E-state index contributed by atoms with van der Waals surface area (Å²) in [5.41, 5.74) is 1.09. The molecular weight excluding hydrogens is 192 g/mol. The molecule has 0 atom stereocenters. The van der Waals surface area contributed by atoms with Gasteiger partial charge >= 0.3 is 0 Å². The van der Waals surface area contributed by atoms with Gasteiger partial charge in [-0.05, 0) is 19.4 Å². The first kappa shape index (κ1) is 11.5. The van der Waals surface area contributed by atoms with Crippen molar-refractivity contribution in [2.75, 3.05) is 6.54 Å². The number of nitrogens with one attached hydrogen (secondary N) is 1. The molecule has 0 fully saturated rings. The van der Waals surface area contributed by atoms with Crippen molar-refractivity contribution in [3.05, 3.63) is 23.5 Å². The Hall–Kier alpha value is -1.58. The van der Waals surface area contributed by atoms with E-state index in [1.807, 2.05) is 6.92 Å². The molecule has 15 heavy (non-hydrogen) atoms. The lowest BCUT2D eigenvalue weighted by Gasteiger charge is -2.03. The number of hydrogen-bond donors (Lipinski definition) is 1. The van der Waals surface area contributed by atoms with E-state index in [0.29, 0.717) is 17.8 Å². The van der Waals surface area contributed by atoms with Crippen LogP contribution in [0.4, 0.5) is 0 Å². The molecule has 4 heteroatoms. The SMILES string of the molecule is CCCNC(=O)c1cc(C(C)=O)cn1C. The van der Waals surface area contributed by atoms with Crippen LogP contribution in [0.25, 0.3) is 0 Å². The van der Waals surface area contributed by atoms with Crippen LogP contribution in [-0.4, -0.2) is 22.8 Å². The number of rotatable bonds is 4. The van der Waals surface area contributed by atoms with Crippen LogP contribution in [0.2, 0.25) is 0 Å². The maximum atomic E-state index is 11.6. The van der Waals surface area contributed by atoms with Crippen LogP contribution in [0, 0.1) is 0 Å². The summed E-state index contributed by atoms with van der Waals surface area (Å²) < 4.78 is 1.67. The maximum Gasteiger partial charge on any atom is 0.267 e. The van der Waals surface area contributed by atoms with Gasteiger partial charge in [0.15, 0.2) is 5.78 Å². The summed E-state index contributed by atoms with van der Waals surface area (Å²) in [6, 6.07) is 1.62. The Morgan fingerprint density at radius 1 is 1.47 bits per heavy atom. The fraction of sp³-hybridized carbons (Fsp3) is 0.455. The third kappa shape index (κ3) is 2.68. The van der Waals surface area contributed by atoms with Crippen LogP contribution in [0.5, 0.6) is 0 Å². The van der Waals surface area contributed by atoms with E-state index in [4.69, 9.17) is 0 Å². The zero-order chi connectivity index (χ0) is 11.4. The Bertz CT molecular complexity index is 380. The molecule has 0 spiro atoms. The van der Waals surface area contributed by atoms with Crippen molar-refractivity contribution in [3.8, 4) is 0 Å². The topological polar surface area (TPSA) is 51.1 Å². The Labute approximate surface area is 89.3 Å². The highest BCUT2D eigenvalue weighted by atomic mass is 16.2. The van der Waals surface area contributed by atoms with E-state index in [9.17, 15) is 9.59 Å². The molecule has 0 saturated carbocycles. The van der Waals surface area contributed by atoms with Crippen molar-refractivity contribution in [2.24, 2.45) is 7.05 Å². The van der Waals surface area contributed by atoms with Gasteiger partial charge < -0.3 is 9.88 Å². The molecule has 0 aliphatic carbocycles. The van der Waals surface area contributed by atoms with Crippen LogP contribution in [0.15, 0.2) is 12.3 Å². The van der Waals surface area contributed by atoms with Crippen LogP contribution < -0.4 is 5.32 Å².